The van der Waals surface area contributed by atoms with Gasteiger partial charge in [-0.15, -0.1) is 0 Å². The van der Waals surface area contributed by atoms with Crippen molar-refractivity contribution in [2.24, 2.45) is 0 Å². The third-order valence-electron chi connectivity index (χ3n) is 5.85. The summed E-state index contributed by atoms with van der Waals surface area (Å²) in [7, 11) is 0. The first-order chi connectivity index (χ1) is 18.4. The minimum Gasteiger partial charge on any atom is -0.488 e. The molecule has 0 unspecified atom stereocenters. The van der Waals surface area contributed by atoms with E-state index in [1.807, 2.05) is 48.5 Å². The zero-order valence-corrected chi connectivity index (χ0v) is 23.0. The van der Waals surface area contributed by atoms with Gasteiger partial charge in [0.25, 0.3) is 11.1 Å². The Morgan fingerprint density at radius 3 is 2.61 bits per heavy atom. The van der Waals surface area contributed by atoms with Gasteiger partial charge < -0.3 is 10.1 Å². The summed E-state index contributed by atoms with van der Waals surface area (Å²) in [6.07, 6.45) is 1.62. The number of nitrogens with zero attached hydrogens (tertiary/aromatic N) is 1. The van der Waals surface area contributed by atoms with Crippen LogP contribution >= 0.6 is 39.3 Å². The lowest BCUT2D eigenvalue weighted by Crippen LogP contribution is -2.36. The highest BCUT2D eigenvalue weighted by Gasteiger charge is 2.36. The number of hydrogen-bond donors (Lipinski definition) is 1. The predicted octanol–water partition coefficient (Wildman–Crippen LogP) is 7.51. The third-order valence-corrected chi connectivity index (χ3v) is 7.99. The molecule has 0 spiro atoms. The van der Waals surface area contributed by atoms with E-state index in [0.29, 0.717) is 33.1 Å². The number of imide groups is 1. The van der Waals surface area contributed by atoms with Gasteiger partial charge >= 0.3 is 0 Å². The number of carbonyl (C=O) groups is 3. The summed E-state index contributed by atoms with van der Waals surface area (Å²) in [5, 5.41) is 4.81. The van der Waals surface area contributed by atoms with Gasteiger partial charge in [0.15, 0.2) is 0 Å². The van der Waals surface area contributed by atoms with Gasteiger partial charge in [-0.25, -0.2) is 0 Å². The van der Waals surface area contributed by atoms with Crippen LogP contribution in [0.1, 0.15) is 11.1 Å². The van der Waals surface area contributed by atoms with Crippen LogP contribution in [0.4, 0.5) is 10.5 Å². The number of nitrogens with one attached hydrogen (secondary N) is 1. The van der Waals surface area contributed by atoms with Gasteiger partial charge in [0.2, 0.25) is 5.91 Å². The Labute approximate surface area is 236 Å². The van der Waals surface area contributed by atoms with Crippen molar-refractivity contribution in [1.29, 1.82) is 0 Å². The molecule has 0 aromatic heterocycles. The van der Waals surface area contributed by atoms with Gasteiger partial charge in [0.1, 0.15) is 18.9 Å². The maximum atomic E-state index is 13.0. The van der Waals surface area contributed by atoms with Crippen LogP contribution in [0.2, 0.25) is 5.02 Å². The summed E-state index contributed by atoms with van der Waals surface area (Å²) in [5.74, 6) is -0.462. The summed E-state index contributed by atoms with van der Waals surface area (Å²) >= 11 is 10.1. The van der Waals surface area contributed by atoms with Crippen molar-refractivity contribution < 1.29 is 19.1 Å². The van der Waals surface area contributed by atoms with Gasteiger partial charge in [-0.2, -0.15) is 0 Å². The molecule has 5 rings (SSSR count). The molecule has 3 amide bonds. The lowest BCUT2D eigenvalue weighted by Gasteiger charge is -2.13. The zero-order chi connectivity index (χ0) is 26.6. The van der Waals surface area contributed by atoms with Gasteiger partial charge in [0, 0.05) is 15.7 Å². The van der Waals surface area contributed by atoms with Crippen molar-refractivity contribution >= 4 is 78.9 Å². The number of amides is 3. The Balaban J connectivity index is 1.29. The first-order valence-electron chi connectivity index (χ1n) is 11.6. The predicted molar refractivity (Wildman–Crippen MR) is 155 cm³/mol. The van der Waals surface area contributed by atoms with Crippen LogP contribution in [0.5, 0.6) is 5.75 Å². The fourth-order valence-corrected chi connectivity index (χ4v) is 5.26. The number of benzene rings is 4. The normalized spacial score (nSPS) is 14.4. The lowest BCUT2D eigenvalue weighted by atomic mass is 10.1. The van der Waals surface area contributed by atoms with E-state index in [2.05, 4.69) is 39.4 Å². The monoisotopic (exact) mass is 606 g/mol. The molecule has 0 aliphatic carbocycles. The number of fused-ring (bicyclic) bond motifs is 1. The van der Waals surface area contributed by atoms with E-state index < -0.39 is 23.6 Å². The zero-order valence-electron chi connectivity index (χ0n) is 19.8. The Hall–Kier alpha value is -3.59. The summed E-state index contributed by atoms with van der Waals surface area (Å²) in [6.45, 7) is -0.0666. The molecular formula is C29H20BrClN2O4S. The highest BCUT2D eigenvalue weighted by molar-refractivity contribution is 9.10. The second-order valence-corrected chi connectivity index (χ2v) is 10.7. The van der Waals surface area contributed by atoms with Gasteiger partial charge in [-0.1, -0.05) is 72.3 Å². The largest absolute Gasteiger partial charge is 0.488 e. The van der Waals surface area contributed by atoms with Crippen molar-refractivity contribution in [2.45, 2.75) is 6.61 Å². The highest BCUT2D eigenvalue weighted by Crippen LogP contribution is 2.34. The molecule has 190 valence electrons. The first kappa shape index (κ1) is 26.0. The van der Waals surface area contributed by atoms with Crippen LogP contribution in [0, 0.1) is 0 Å². The number of thioether (sulfide) groups is 1. The fourth-order valence-electron chi connectivity index (χ4n) is 4.00. The molecule has 1 N–H and O–H groups in total. The number of rotatable bonds is 7. The smallest absolute Gasteiger partial charge is 0.294 e. The molecule has 0 saturated carbocycles. The number of halogens is 2. The second kappa shape index (κ2) is 11.4. The highest BCUT2D eigenvalue weighted by atomic mass is 79.9. The van der Waals surface area contributed by atoms with Crippen LogP contribution in [0.25, 0.3) is 16.8 Å². The number of carbonyl (C=O) groups excluding carboxylic acids is 3. The molecule has 0 bridgehead atoms. The average molecular weight is 608 g/mol. The quantitative estimate of drug-likeness (QED) is 0.220. The van der Waals surface area contributed by atoms with E-state index in [0.717, 1.165) is 33.0 Å². The van der Waals surface area contributed by atoms with E-state index in [9.17, 15) is 14.4 Å². The molecule has 4 aromatic carbocycles. The van der Waals surface area contributed by atoms with Crippen LogP contribution in [0.3, 0.4) is 0 Å². The van der Waals surface area contributed by atoms with E-state index in [1.54, 1.807) is 24.3 Å². The number of para-hydroxylation sites is 1. The molecule has 38 heavy (non-hydrogen) atoms. The average Bonchev–Trinajstić information content (AvgIpc) is 3.17. The van der Waals surface area contributed by atoms with Gasteiger partial charge in [0.05, 0.1) is 9.93 Å². The Bertz CT molecular complexity index is 1600. The topological polar surface area (TPSA) is 75.7 Å². The Morgan fingerprint density at radius 1 is 1.00 bits per heavy atom. The third kappa shape index (κ3) is 5.78. The first-order valence-corrected chi connectivity index (χ1v) is 13.6. The minimum absolute atomic E-state index is 0.218. The van der Waals surface area contributed by atoms with Crippen LogP contribution in [-0.2, 0) is 16.2 Å². The molecule has 1 heterocycles. The minimum atomic E-state index is -0.534. The maximum absolute atomic E-state index is 13.0. The van der Waals surface area contributed by atoms with Crippen LogP contribution in [0.15, 0.2) is 94.3 Å². The van der Waals surface area contributed by atoms with E-state index >= 15 is 0 Å². The summed E-state index contributed by atoms with van der Waals surface area (Å²) in [5.41, 5.74) is 2.16. The number of hydrogen-bond acceptors (Lipinski definition) is 5. The lowest BCUT2D eigenvalue weighted by molar-refractivity contribution is -0.127. The summed E-state index contributed by atoms with van der Waals surface area (Å²) in [4.78, 5) is 39.3. The molecule has 6 nitrogen and oxygen atoms in total. The van der Waals surface area contributed by atoms with E-state index in [1.165, 1.54) is 0 Å². The maximum Gasteiger partial charge on any atom is 0.294 e. The van der Waals surface area contributed by atoms with Crippen molar-refractivity contribution in [3.05, 3.63) is 110 Å². The summed E-state index contributed by atoms with van der Waals surface area (Å²) < 4.78 is 6.83. The van der Waals surface area contributed by atoms with E-state index in [4.69, 9.17) is 16.3 Å². The van der Waals surface area contributed by atoms with Crippen LogP contribution in [-0.4, -0.2) is 28.5 Å². The van der Waals surface area contributed by atoms with Crippen molar-refractivity contribution in [2.75, 3.05) is 11.9 Å². The second-order valence-electron chi connectivity index (χ2n) is 8.41. The molecule has 0 radical (unpaired) electrons. The standard InChI is InChI=1S/C29H20BrClN2O4S/c30-23-13-12-21(15-24(23)31)32-27(34)16-33-28(35)26(38-29(33)36)14-19-7-2-4-11-25(19)37-17-20-9-5-8-18-6-1-3-10-22(18)20/h1-15H,16-17H2,(H,32,34)/b26-14-. The fraction of sp³-hybridized carbons (Fsp3) is 0.0690. The van der Waals surface area contributed by atoms with E-state index in [-0.39, 0.29) is 4.91 Å². The molecule has 1 fully saturated rings. The van der Waals surface area contributed by atoms with Gasteiger partial charge in [-0.05, 0) is 74.4 Å². The van der Waals surface area contributed by atoms with Crippen molar-refractivity contribution in [3.8, 4) is 5.75 Å². The SMILES string of the molecule is O=C(CN1C(=O)S/C(=C\c2ccccc2OCc2cccc3ccccc23)C1=O)Nc1ccc(Br)c(Cl)c1. The Kier molecular flexibility index (Phi) is 7.83. The number of ether oxygens (including phenoxy) is 1. The molecular weight excluding hydrogens is 588 g/mol. The molecule has 4 aromatic rings. The Morgan fingerprint density at radius 2 is 1.76 bits per heavy atom. The van der Waals surface area contributed by atoms with Crippen LogP contribution < -0.4 is 10.1 Å². The van der Waals surface area contributed by atoms with Crippen molar-refractivity contribution in [1.82, 2.24) is 4.90 Å². The molecule has 1 aliphatic heterocycles. The summed E-state index contributed by atoms with van der Waals surface area (Å²) in [6, 6.07) is 26.4. The van der Waals surface area contributed by atoms with Gasteiger partial charge in [-0.3, -0.25) is 19.3 Å². The number of anilines is 1. The molecule has 1 aliphatic rings. The molecule has 1 saturated heterocycles. The molecule has 0 atom stereocenters. The van der Waals surface area contributed by atoms with Crippen molar-refractivity contribution in [3.63, 3.8) is 0 Å². The molecule has 9 heteroatoms.